The summed E-state index contributed by atoms with van der Waals surface area (Å²) in [6, 6.07) is 6.83. The molecule has 0 radical (unpaired) electrons. The number of hydroxylamine groups is 1. The number of anilines is 1. The Balaban J connectivity index is 2.37. The van der Waals surface area contributed by atoms with Crippen LogP contribution in [0.25, 0.3) is 0 Å². The van der Waals surface area contributed by atoms with Gasteiger partial charge in [0.2, 0.25) is 0 Å². The molecule has 110 valence electrons. The first-order valence-corrected chi connectivity index (χ1v) is 7.16. The summed E-state index contributed by atoms with van der Waals surface area (Å²) in [5, 5.41) is 22.9. The first-order chi connectivity index (χ1) is 9.62. The van der Waals surface area contributed by atoms with E-state index in [1.54, 1.807) is 29.3 Å². The molecule has 1 aliphatic rings. The molecule has 2 rings (SSSR count). The molecule has 0 aliphatic carbocycles. The van der Waals surface area contributed by atoms with E-state index in [0.717, 1.165) is 31.0 Å². The molecule has 20 heavy (non-hydrogen) atoms. The lowest BCUT2D eigenvalue weighted by Gasteiger charge is -2.34. The van der Waals surface area contributed by atoms with Crippen molar-refractivity contribution >= 4 is 5.69 Å². The minimum Gasteiger partial charge on any atom is -0.508 e. The van der Waals surface area contributed by atoms with E-state index in [4.69, 9.17) is 0 Å². The first-order valence-electron chi connectivity index (χ1n) is 7.16. The van der Waals surface area contributed by atoms with Gasteiger partial charge in [-0.25, -0.2) is 5.01 Å². The van der Waals surface area contributed by atoms with Gasteiger partial charge in [0.05, 0.1) is 11.7 Å². The van der Waals surface area contributed by atoms with Gasteiger partial charge in [-0.3, -0.25) is 5.21 Å². The minimum absolute atomic E-state index is 0.0283. The number of phenolic OH excluding ortho intramolecular Hbond substituents is 1. The third-order valence-electron chi connectivity index (χ3n) is 3.66. The highest BCUT2D eigenvalue weighted by atomic mass is 16.6. The molecule has 0 amide bonds. The van der Waals surface area contributed by atoms with Crippen molar-refractivity contribution in [2.75, 3.05) is 18.1 Å². The van der Waals surface area contributed by atoms with Crippen LogP contribution in [-0.4, -0.2) is 39.5 Å². The Hall–Kier alpha value is -1.72. The molecule has 0 aromatic heterocycles. The fourth-order valence-corrected chi connectivity index (χ4v) is 2.48. The number of hydrazine groups is 1. The molecule has 0 fully saturated rings. The van der Waals surface area contributed by atoms with Crippen LogP contribution in [0.2, 0.25) is 0 Å². The van der Waals surface area contributed by atoms with E-state index in [0.29, 0.717) is 0 Å². The van der Waals surface area contributed by atoms with E-state index in [1.807, 2.05) is 6.92 Å². The lowest BCUT2D eigenvalue weighted by Crippen LogP contribution is -2.43. The van der Waals surface area contributed by atoms with E-state index in [2.05, 4.69) is 24.8 Å². The van der Waals surface area contributed by atoms with Gasteiger partial charge in [0.25, 0.3) is 0 Å². The number of phenols is 1. The molecular formula is C15H23N3O2. The average molecular weight is 277 g/mol. The van der Waals surface area contributed by atoms with Gasteiger partial charge in [-0.15, -0.1) is 0 Å². The van der Waals surface area contributed by atoms with E-state index >= 15 is 0 Å². The van der Waals surface area contributed by atoms with Gasteiger partial charge < -0.3 is 10.0 Å². The van der Waals surface area contributed by atoms with Gasteiger partial charge >= 0.3 is 0 Å². The minimum atomic E-state index is -0.0283. The lowest BCUT2D eigenvalue weighted by molar-refractivity contribution is -0.111. The molecule has 1 heterocycles. The number of hydrogen-bond donors (Lipinski definition) is 2. The van der Waals surface area contributed by atoms with Crippen molar-refractivity contribution < 1.29 is 10.3 Å². The van der Waals surface area contributed by atoms with Gasteiger partial charge in [0, 0.05) is 13.1 Å². The van der Waals surface area contributed by atoms with Crippen LogP contribution in [0.4, 0.5) is 5.69 Å². The highest BCUT2D eigenvalue weighted by Crippen LogP contribution is 2.31. The maximum Gasteiger partial charge on any atom is 0.123 e. The van der Waals surface area contributed by atoms with Crippen LogP contribution in [0.5, 0.6) is 5.75 Å². The van der Waals surface area contributed by atoms with Crippen LogP contribution in [0.15, 0.2) is 36.2 Å². The summed E-state index contributed by atoms with van der Waals surface area (Å²) in [4.78, 5) is 2.20. The van der Waals surface area contributed by atoms with Gasteiger partial charge in [0.1, 0.15) is 11.6 Å². The molecule has 0 bridgehead atoms. The molecule has 0 saturated heterocycles. The Labute approximate surface area is 120 Å². The van der Waals surface area contributed by atoms with Crippen molar-refractivity contribution in [3.8, 4) is 5.75 Å². The number of nitrogens with zero attached hydrogens (tertiary/aromatic N) is 3. The molecule has 1 aromatic carbocycles. The SMILES string of the molecule is CCC1C=C(N(CC)CC)N(c2ccc(O)cc2)N1O. The van der Waals surface area contributed by atoms with Crippen molar-refractivity contribution in [3.05, 3.63) is 36.2 Å². The highest BCUT2D eigenvalue weighted by Gasteiger charge is 2.33. The summed E-state index contributed by atoms with van der Waals surface area (Å²) in [5.74, 6) is 1.20. The molecule has 1 aromatic rings. The van der Waals surface area contributed by atoms with Gasteiger partial charge in [-0.1, -0.05) is 12.1 Å². The third kappa shape index (κ3) is 2.59. The first kappa shape index (κ1) is 14.7. The summed E-state index contributed by atoms with van der Waals surface area (Å²) in [6.07, 6.45) is 2.91. The average Bonchev–Trinajstić information content (AvgIpc) is 2.78. The summed E-state index contributed by atoms with van der Waals surface area (Å²) in [5.41, 5.74) is 0.833. The normalized spacial score (nSPS) is 19.3. The van der Waals surface area contributed by atoms with E-state index < -0.39 is 0 Å². The molecule has 0 spiro atoms. The van der Waals surface area contributed by atoms with Crippen LogP contribution in [0.1, 0.15) is 27.2 Å². The van der Waals surface area contributed by atoms with E-state index in [-0.39, 0.29) is 11.8 Å². The predicted molar refractivity (Wildman–Crippen MR) is 79.3 cm³/mol. The molecule has 5 nitrogen and oxygen atoms in total. The van der Waals surface area contributed by atoms with Gasteiger partial charge in [-0.2, -0.15) is 0 Å². The molecule has 2 N–H and O–H groups in total. The molecule has 5 heteroatoms. The summed E-state index contributed by atoms with van der Waals surface area (Å²) >= 11 is 0. The van der Waals surface area contributed by atoms with Crippen molar-refractivity contribution in [2.24, 2.45) is 0 Å². The van der Waals surface area contributed by atoms with Crippen molar-refractivity contribution in [3.63, 3.8) is 0 Å². The largest absolute Gasteiger partial charge is 0.508 e. The van der Waals surface area contributed by atoms with Crippen LogP contribution in [-0.2, 0) is 0 Å². The van der Waals surface area contributed by atoms with Crippen LogP contribution >= 0.6 is 0 Å². The Kier molecular flexibility index (Phi) is 4.52. The van der Waals surface area contributed by atoms with E-state index in [1.165, 1.54) is 5.17 Å². The van der Waals surface area contributed by atoms with Crippen LogP contribution in [0.3, 0.4) is 0 Å². The van der Waals surface area contributed by atoms with Crippen molar-refractivity contribution in [1.82, 2.24) is 10.1 Å². The third-order valence-corrected chi connectivity index (χ3v) is 3.66. The predicted octanol–water partition coefficient (Wildman–Crippen LogP) is 2.78. The molecule has 1 atom stereocenters. The van der Waals surface area contributed by atoms with Crippen LogP contribution < -0.4 is 5.01 Å². The summed E-state index contributed by atoms with van der Waals surface area (Å²) in [6.45, 7) is 7.99. The zero-order chi connectivity index (χ0) is 14.7. The second kappa shape index (κ2) is 6.15. The van der Waals surface area contributed by atoms with Gasteiger partial charge in [0.15, 0.2) is 0 Å². The number of aromatic hydroxyl groups is 1. The Morgan fingerprint density at radius 1 is 1.10 bits per heavy atom. The van der Waals surface area contributed by atoms with Crippen molar-refractivity contribution in [2.45, 2.75) is 33.2 Å². The molecule has 1 aliphatic heterocycles. The molecule has 0 saturated carbocycles. The second-order valence-electron chi connectivity index (χ2n) is 4.82. The molecule has 1 unspecified atom stereocenters. The Morgan fingerprint density at radius 2 is 1.70 bits per heavy atom. The maximum absolute atomic E-state index is 10.4. The maximum atomic E-state index is 10.4. The highest BCUT2D eigenvalue weighted by molar-refractivity contribution is 5.54. The second-order valence-corrected chi connectivity index (χ2v) is 4.82. The topological polar surface area (TPSA) is 50.2 Å². The van der Waals surface area contributed by atoms with E-state index in [9.17, 15) is 10.3 Å². The summed E-state index contributed by atoms with van der Waals surface area (Å²) in [7, 11) is 0. The zero-order valence-electron chi connectivity index (χ0n) is 12.3. The number of hydrogen-bond acceptors (Lipinski definition) is 5. The quantitative estimate of drug-likeness (QED) is 0.866. The standard InChI is InChI=1S/C15H23N3O2/c1-4-12-11-15(16(5-2)6-3)17(18(12)20)13-7-9-14(19)10-8-13/h7-12,19-20H,4-6H2,1-3H3. The smallest absolute Gasteiger partial charge is 0.123 e. The van der Waals surface area contributed by atoms with Crippen LogP contribution in [0, 0.1) is 0 Å². The van der Waals surface area contributed by atoms with Gasteiger partial charge in [-0.05, 0) is 50.6 Å². The zero-order valence-corrected chi connectivity index (χ0v) is 12.3. The number of benzene rings is 1. The number of rotatable bonds is 5. The lowest BCUT2D eigenvalue weighted by atomic mass is 10.2. The van der Waals surface area contributed by atoms with Crippen molar-refractivity contribution in [1.29, 1.82) is 0 Å². The summed E-state index contributed by atoms with van der Waals surface area (Å²) < 4.78 is 0. The Morgan fingerprint density at radius 3 is 2.20 bits per heavy atom. The monoisotopic (exact) mass is 277 g/mol. The Bertz CT molecular complexity index is 469. The molecular weight excluding hydrogens is 254 g/mol. The fraction of sp³-hybridized carbons (Fsp3) is 0.467. The fourth-order valence-electron chi connectivity index (χ4n) is 2.48.